The number of carbonyl (C=O) groups excluding carboxylic acids is 2. The van der Waals surface area contributed by atoms with Crippen molar-refractivity contribution in [2.45, 2.75) is 6.42 Å². The van der Waals surface area contributed by atoms with Crippen LogP contribution in [0.2, 0.25) is 0 Å². The number of para-hydroxylation sites is 1. The average molecular weight is 413 g/mol. The minimum absolute atomic E-state index is 0.138. The molecular formula is C23H19N5O3. The first-order valence-electron chi connectivity index (χ1n) is 9.52. The molecule has 4 aromatic rings. The molecule has 1 heterocycles. The van der Waals surface area contributed by atoms with Crippen molar-refractivity contribution in [3.8, 4) is 0 Å². The zero-order valence-corrected chi connectivity index (χ0v) is 16.4. The summed E-state index contributed by atoms with van der Waals surface area (Å²) < 4.78 is 0. The standard InChI is InChI=1S/C23H19N5O3/c29-21(12-15-6-8-16(9-7-15)23(30)28-31)26-18-10-11-20-19(13-18)22(25-14-24-20)27-17-4-2-1-3-5-17/h1-11,13-14,31H,12H2,(H,26,29)(H,28,30)(H,24,25,27). The molecule has 0 radical (unpaired) electrons. The molecule has 0 aliphatic carbocycles. The largest absolute Gasteiger partial charge is 0.340 e. The summed E-state index contributed by atoms with van der Waals surface area (Å²) >= 11 is 0. The van der Waals surface area contributed by atoms with Crippen molar-refractivity contribution < 1.29 is 14.8 Å². The first-order chi connectivity index (χ1) is 15.1. The molecule has 31 heavy (non-hydrogen) atoms. The first-order valence-corrected chi connectivity index (χ1v) is 9.52. The Morgan fingerprint density at radius 3 is 2.39 bits per heavy atom. The molecule has 1 aromatic heterocycles. The van der Waals surface area contributed by atoms with Crippen molar-refractivity contribution in [2.24, 2.45) is 0 Å². The Hall–Kier alpha value is -4.30. The second-order valence-electron chi connectivity index (χ2n) is 6.81. The van der Waals surface area contributed by atoms with Crippen LogP contribution in [-0.4, -0.2) is 27.0 Å². The summed E-state index contributed by atoms with van der Waals surface area (Å²) in [6.45, 7) is 0. The van der Waals surface area contributed by atoms with Crippen LogP contribution in [-0.2, 0) is 11.2 Å². The number of aromatic nitrogens is 2. The van der Waals surface area contributed by atoms with Gasteiger partial charge in [0.1, 0.15) is 12.1 Å². The van der Waals surface area contributed by atoms with Gasteiger partial charge < -0.3 is 10.6 Å². The van der Waals surface area contributed by atoms with E-state index in [4.69, 9.17) is 5.21 Å². The quantitative estimate of drug-likeness (QED) is 0.283. The zero-order valence-electron chi connectivity index (χ0n) is 16.4. The van der Waals surface area contributed by atoms with Gasteiger partial charge >= 0.3 is 0 Å². The maximum Gasteiger partial charge on any atom is 0.274 e. The third kappa shape index (κ3) is 4.82. The molecule has 3 aromatic carbocycles. The monoisotopic (exact) mass is 413 g/mol. The molecule has 0 saturated carbocycles. The van der Waals surface area contributed by atoms with Crippen LogP contribution in [0.1, 0.15) is 15.9 Å². The lowest BCUT2D eigenvalue weighted by Gasteiger charge is -2.10. The highest BCUT2D eigenvalue weighted by Crippen LogP contribution is 2.25. The highest BCUT2D eigenvalue weighted by atomic mass is 16.5. The highest BCUT2D eigenvalue weighted by Gasteiger charge is 2.09. The van der Waals surface area contributed by atoms with Crippen LogP contribution in [0.5, 0.6) is 0 Å². The van der Waals surface area contributed by atoms with Crippen LogP contribution in [0.3, 0.4) is 0 Å². The van der Waals surface area contributed by atoms with Crippen LogP contribution in [0.4, 0.5) is 17.2 Å². The summed E-state index contributed by atoms with van der Waals surface area (Å²) in [6.07, 6.45) is 1.63. The molecule has 0 atom stereocenters. The predicted molar refractivity (Wildman–Crippen MR) is 117 cm³/mol. The minimum atomic E-state index is -0.602. The number of nitrogens with zero attached hydrogens (tertiary/aromatic N) is 2. The molecule has 154 valence electrons. The van der Waals surface area contributed by atoms with E-state index in [1.807, 2.05) is 42.5 Å². The molecular weight excluding hydrogens is 394 g/mol. The fraction of sp³-hybridized carbons (Fsp3) is 0.0435. The first kappa shape index (κ1) is 20.0. The van der Waals surface area contributed by atoms with Crippen molar-refractivity contribution in [3.63, 3.8) is 0 Å². The van der Waals surface area contributed by atoms with Gasteiger partial charge in [-0.3, -0.25) is 14.8 Å². The Kier molecular flexibility index (Phi) is 5.82. The highest BCUT2D eigenvalue weighted by molar-refractivity contribution is 5.98. The summed E-state index contributed by atoms with van der Waals surface area (Å²) in [7, 11) is 0. The van der Waals surface area contributed by atoms with E-state index in [0.717, 1.165) is 22.2 Å². The average Bonchev–Trinajstić information content (AvgIpc) is 2.80. The van der Waals surface area contributed by atoms with Crippen LogP contribution >= 0.6 is 0 Å². The van der Waals surface area contributed by atoms with Crippen LogP contribution < -0.4 is 16.1 Å². The number of benzene rings is 3. The molecule has 4 N–H and O–H groups in total. The van der Waals surface area contributed by atoms with E-state index in [0.29, 0.717) is 17.1 Å². The van der Waals surface area contributed by atoms with Crippen molar-refractivity contribution >= 4 is 39.9 Å². The fourth-order valence-electron chi connectivity index (χ4n) is 3.12. The van der Waals surface area contributed by atoms with E-state index in [9.17, 15) is 9.59 Å². The molecule has 0 spiro atoms. The van der Waals surface area contributed by atoms with Crippen LogP contribution in [0.25, 0.3) is 10.9 Å². The maximum atomic E-state index is 12.5. The van der Waals surface area contributed by atoms with Gasteiger partial charge in [-0.2, -0.15) is 0 Å². The van der Waals surface area contributed by atoms with Crippen molar-refractivity contribution in [1.29, 1.82) is 0 Å². The van der Waals surface area contributed by atoms with E-state index in [-0.39, 0.29) is 12.3 Å². The summed E-state index contributed by atoms with van der Waals surface area (Å²) in [5, 5.41) is 15.6. The Bertz CT molecular complexity index is 1230. The molecule has 0 aliphatic heterocycles. The minimum Gasteiger partial charge on any atom is -0.340 e. The number of carbonyl (C=O) groups is 2. The fourth-order valence-corrected chi connectivity index (χ4v) is 3.12. The lowest BCUT2D eigenvalue weighted by Crippen LogP contribution is -2.18. The second-order valence-corrected chi connectivity index (χ2v) is 6.81. The number of rotatable bonds is 6. The van der Waals surface area contributed by atoms with Crippen molar-refractivity contribution in [2.75, 3.05) is 10.6 Å². The van der Waals surface area contributed by atoms with Gasteiger partial charge in [0, 0.05) is 22.3 Å². The van der Waals surface area contributed by atoms with E-state index in [1.54, 1.807) is 35.8 Å². The van der Waals surface area contributed by atoms with Gasteiger partial charge in [-0.15, -0.1) is 0 Å². The van der Waals surface area contributed by atoms with Crippen molar-refractivity contribution in [1.82, 2.24) is 15.4 Å². The maximum absolute atomic E-state index is 12.5. The third-order valence-electron chi connectivity index (χ3n) is 4.64. The number of anilines is 3. The summed E-state index contributed by atoms with van der Waals surface area (Å²) in [6, 6.07) is 21.5. The molecule has 4 rings (SSSR count). The van der Waals surface area contributed by atoms with Crippen molar-refractivity contribution in [3.05, 3.63) is 90.3 Å². The number of fused-ring (bicyclic) bond motifs is 1. The molecule has 8 heteroatoms. The lowest BCUT2D eigenvalue weighted by atomic mass is 10.1. The summed E-state index contributed by atoms with van der Waals surface area (Å²) in [4.78, 5) is 32.5. The number of hydrogen-bond donors (Lipinski definition) is 4. The topological polar surface area (TPSA) is 116 Å². The van der Waals surface area contributed by atoms with Gasteiger partial charge in [0.15, 0.2) is 0 Å². The predicted octanol–water partition coefficient (Wildman–Crippen LogP) is 3.67. The Balaban J connectivity index is 1.50. The Morgan fingerprint density at radius 1 is 0.871 bits per heavy atom. The zero-order chi connectivity index (χ0) is 21.6. The van der Waals surface area contributed by atoms with Gasteiger partial charge in [0.25, 0.3) is 5.91 Å². The van der Waals surface area contributed by atoms with E-state index < -0.39 is 5.91 Å². The smallest absolute Gasteiger partial charge is 0.274 e. The normalized spacial score (nSPS) is 10.5. The Labute approximate surface area is 177 Å². The van der Waals surface area contributed by atoms with E-state index in [2.05, 4.69) is 20.6 Å². The van der Waals surface area contributed by atoms with Gasteiger partial charge in [0.05, 0.1) is 11.9 Å². The Morgan fingerprint density at radius 2 is 1.65 bits per heavy atom. The SMILES string of the molecule is O=C(Cc1ccc(C(=O)NO)cc1)Nc1ccc2ncnc(Nc3ccccc3)c2c1. The summed E-state index contributed by atoms with van der Waals surface area (Å²) in [5.41, 5.74) is 4.90. The van der Waals surface area contributed by atoms with Gasteiger partial charge in [-0.1, -0.05) is 30.3 Å². The van der Waals surface area contributed by atoms with Crippen LogP contribution in [0.15, 0.2) is 79.1 Å². The number of amides is 2. The number of hydroxylamine groups is 1. The molecule has 0 bridgehead atoms. The lowest BCUT2D eigenvalue weighted by molar-refractivity contribution is -0.115. The van der Waals surface area contributed by atoms with Crippen LogP contribution in [0, 0.1) is 0 Å². The summed E-state index contributed by atoms with van der Waals surface area (Å²) in [5.74, 6) is -0.160. The molecule has 0 fully saturated rings. The molecule has 2 amide bonds. The third-order valence-corrected chi connectivity index (χ3v) is 4.64. The van der Waals surface area contributed by atoms with E-state index >= 15 is 0 Å². The van der Waals surface area contributed by atoms with Gasteiger partial charge in [-0.25, -0.2) is 15.4 Å². The number of nitrogens with one attached hydrogen (secondary N) is 3. The van der Waals surface area contributed by atoms with Gasteiger partial charge in [0.2, 0.25) is 5.91 Å². The molecule has 8 nitrogen and oxygen atoms in total. The molecule has 0 aliphatic rings. The second kappa shape index (κ2) is 9.02. The molecule has 0 unspecified atom stereocenters. The number of hydrogen-bond acceptors (Lipinski definition) is 6. The molecule has 0 saturated heterocycles. The van der Waals surface area contributed by atoms with Gasteiger partial charge in [-0.05, 0) is 48.0 Å². The van der Waals surface area contributed by atoms with E-state index in [1.165, 1.54) is 6.33 Å².